The lowest BCUT2D eigenvalue weighted by atomic mass is 10.0. The van der Waals surface area contributed by atoms with Crippen molar-refractivity contribution in [1.29, 1.82) is 0 Å². The van der Waals surface area contributed by atoms with E-state index in [-0.39, 0.29) is 11.7 Å². The van der Waals surface area contributed by atoms with E-state index in [2.05, 4.69) is 21.3 Å². The SMILES string of the molecule is CC(=O)Nc1ncc(CN2CCC(=Cc3ccc(F)cc3)CC2)s1. The number of thiazole rings is 1. The number of hydrogen-bond donors (Lipinski definition) is 1. The number of carbonyl (C=O) groups excluding carboxylic acids is 1. The average Bonchev–Trinajstić information content (AvgIpc) is 2.98. The van der Waals surface area contributed by atoms with Gasteiger partial charge in [0.25, 0.3) is 0 Å². The Morgan fingerprint density at radius 3 is 2.71 bits per heavy atom. The number of nitrogens with zero attached hydrogens (tertiary/aromatic N) is 2. The monoisotopic (exact) mass is 345 g/mol. The molecule has 4 nitrogen and oxygen atoms in total. The Hall–Kier alpha value is -2.05. The molecule has 0 aliphatic carbocycles. The number of piperidine rings is 1. The largest absolute Gasteiger partial charge is 0.302 e. The second kappa shape index (κ2) is 7.68. The maximum atomic E-state index is 12.9. The van der Waals surface area contributed by atoms with E-state index in [0.717, 1.165) is 42.9 Å². The number of aromatic nitrogens is 1. The van der Waals surface area contributed by atoms with Crippen LogP contribution < -0.4 is 5.32 Å². The first-order chi connectivity index (χ1) is 11.6. The molecule has 0 radical (unpaired) electrons. The third kappa shape index (κ3) is 4.72. The maximum Gasteiger partial charge on any atom is 0.223 e. The van der Waals surface area contributed by atoms with Crippen LogP contribution in [0.25, 0.3) is 6.08 Å². The van der Waals surface area contributed by atoms with Crippen molar-refractivity contribution in [2.75, 3.05) is 18.4 Å². The number of anilines is 1. The molecule has 2 heterocycles. The molecule has 6 heteroatoms. The van der Waals surface area contributed by atoms with Gasteiger partial charge >= 0.3 is 0 Å². The summed E-state index contributed by atoms with van der Waals surface area (Å²) in [5.41, 5.74) is 2.46. The fourth-order valence-electron chi connectivity index (χ4n) is 2.75. The van der Waals surface area contributed by atoms with Gasteiger partial charge in [0, 0.05) is 37.6 Å². The van der Waals surface area contributed by atoms with Crippen molar-refractivity contribution in [3.05, 3.63) is 52.3 Å². The molecule has 2 aromatic rings. The Labute approximate surface area is 145 Å². The molecule has 0 spiro atoms. The summed E-state index contributed by atoms with van der Waals surface area (Å²) in [6.45, 7) is 4.35. The standard InChI is InChI=1S/C18H20FN3OS/c1-13(23)21-18-20-11-17(24-18)12-22-8-6-15(7-9-22)10-14-2-4-16(19)5-3-14/h2-5,10-11H,6-9,12H2,1H3,(H,20,21,23). The third-order valence-corrected chi connectivity index (χ3v) is 4.85. The van der Waals surface area contributed by atoms with Gasteiger partial charge in [0.15, 0.2) is 5.13 Å². The first-order valence-electron chi connectivity index (χ1n) is 7.98. The van der Waals surface area contributed by atoms with Crippen molar-refractivity contribution in [3.63, 3.8) is 0 Å². The van der Waals surface area contributed by atoms with Gasteiger partial charge in [0.05, 0.1) is 0 Å². The molecule has 1 aliphatic heterocycles. The van der Waals surface area contributed by atoms with Crippen molar-refractivity contribution in [3.8, 4) is 0 Å². The Balaban J connectivity index is 1.52. The molecular weight excluding hydrogens is 325 g/mol. The van der Waals surface area contributed by atoms with Gasteiger partial charge in [-0.05, 0) is 30.5 Å². The molecule has 1 fully saturated rings. The second-order valence-corrected chi connectivity index (χ2v) is 7.06. The number of likely N-dealkylation sites (tertiary alicyclic amines) is 1. The Morgan fingerprint density at radius 1 is 1.33 bits per heavy atom. The highest BCUT2D eigenvalue weighted by molar-refractivity contribution is 7.15. The number of amides is 1. The minimum Gasteiger partial charge on any atom is -0.302 e. The third-order valence-electron chi connectivity index (χ3n) is 3.96. The van der Waals surface area contributed by atoms with E-state index in [4.69, 9.17) is 0 Å². The number of benzene rings is 1. The first kappa shape index (κ1) is 16.8. The number of carbonyl (C=O) groups is 1. The summed E-state index contributed by atoms with van der Waals surface area (Å²) in [7, 11) is 0. The molecule has 24 heavy (non-hydrogen) atoms. The van der Waals surface area contributed by atoms with Gasteiger partial charge in [0.1, 0.15) is 5.82 Å². The summed E-state index contributed by atoms with van der Waals surface area (Å²) in [6.07, 6.45) is 6.04. The predicted molar refractivity (Wildman–Crippen MR) is 95.3 cm³/mol. The smallest absolute Gasteiger partial charge is 0.223 e. The van der Waals surface area contributed by atoms with Crippen LogP contribution in [-0.2, 0) is 11.3 Å². The van der Waals surface area contributed by atoms with Crippen molar-refractivity contribution < 1.29 is 9.18 Å². The number of nitrogens with one attached hydrogen (secondary N) is 1. The zero-order valence-corrected chi connectivity index (χ0v) is 14.4. The molecule has 1 saturated heterocycles. The van der Waals surface area contributed by atoms with Crippen LogP contribution in [-0.4, -0.2) is 28.9 Å². The van der Waals surface area contributed by atoms with Crippen LogP contribution in [0.1, 0.15) is 30.2 Å². The predicted octanol–water partition coefficient (Wildman–Crippen LogP) is 3.92. The molecule has 3 rings (SSSR count). The summed E-state index contributed by atoms with van der Waals surface area (Å²) >= 11 is 1.52. The van der Waals surface area contributed by atoms with Crippen molar-refractivity contribution in [2.24, 2.45) is 0 Å². The molecule has 0 unspecified atom stereocenters. The quantitative estimate of drug-likeness (QED) is 0.913. The van der Waals surface area contributed by atoms with Crippen LogP contribution in [0.5, 0.6) is 0 Å². The van der Waals surface area contributed by atoms with E-state index in [1.54, 1.807) is 0 Å². The van der Waals surface area contributed by atoms with Crippen molar-refractivity contribution in [1.82, 2.24) is 9.88 Å². The molecule has 0 atom stereocenters. The number of hydrogen-bond acceptors (Lipinski definition) is 4. The molecule has 1 N–H and O–H groups in total. The van der Waals surface area contributed by atoms with E-state index >= 15 is 0 Å². The topological polar surface area (TPSA) is 45.2 Å². The van der Waals surface area contributed by atoms with Gasteiger partial charge in [-0.1, -0.05) is 23.8 Å². The summed E-state index contributed by atoms with van der Waals surface area (Å²) < 4.78 is 12.9. The summed E-state index contributed by atoms with van der Waals surface area (Å²) in [5.74, 6) is -0.292. The fraction of sp³-hybridized carbons (Fsp3) is 0.333. The van der Waals surface area contributed by atoms with E-state index in [1.807, 2.05) is 18.3 Å². The van der Waals surface area contributed by atoms with Gasteiger partial charge in [-0.2, -0.15) is 0 Å². The van der Waals surface area contributed by atoms with Gasteiger partial charge in [-0.3, -0.25) is 9.69 Å². The second-order valence-electron chi connectivity index (χ2n) is 5.94. The molecule has 0 bridgehead atoms. The molecule has 0 saturated carbocycles. The van der Waals surface area contributed by atoms with E-state index in [9.17, 15) is 9.18 Å². The van der Waals surface area contributed by atoms with Crippen LogP contribution in [0, 0.1) is 5.82 Å². The molecule has 1 amide bonds. The van der Waals surface area contributed by atoms with Crippen LogP contribution in [0.2, 0.25) is 0 Å². The molecule has 1 aromatic heterocycles. The van der Waals surface area contributed by atoms with E-state index < -0.39 is 0 Å². The Kier molecular flexibility index (Phi) is 5.37. The van der Waals surface area contributed by atoms with Crippen molar-refractivity contribution >= 4 is 28.5 Å². The van der Waals surface area contributed by atoms with Crippen LogP contribution in [0.15, 0.2) is 36.0 Å². The average molecular weight is 345 g/mol. The Morgan fingerprint density at radius 2 is 2.04 bits per heavy atom. The van der Waals surface area contributed by atoms with Gasteiger partial charge in [-0.25, -0.2) is 9.37 Å². The van der Waals surface area contributed by atoms with Crippen LogP contribution in [0.3, 0.4) is 0 Å². The first-order valence-corrected chi connectivity index (χ1v) is 8.80. The minimum atomic E-state index is -0.199. The highest BCUT2D eigenvalue weighted by atomic mass is 32.1. The minimum absolute atomic E-state index is 0.0931. The molecule has 1 aromatic carbocycles. The molecule has 1 aliphatic rings. The molecular formula is C18H20FN3OS. The molecule has 126 valence electrons. The summed E-state index contributed by atoms with van der Waals surface area (Å²) in [4.78, 5) is 18.8. The summed E-state index contributed by atoms with van der Waals surface area (Å²) in [5, 5.41) is 3.37. The fourth-order valence-corrected chi connectivity index (χ4v) is 3.65. The zero-order valence-electron chi connectivity index (χ0n) is 13.6. The van der Waals surface area contributed by atoms with Crippen LogP contribution >= 0.6 is 11.3 Å². The van der Waals surface area contributed by atoms with Crippen LogP contribution in [0.4, 0.5) is 9.52 Å². The van der Waals surface area contributed by atoms with Gasteiger partial charge < -0.3 is 5.32 Å². The lowest BCUT2D eigenvalue weighted by Crippen LogP contribution is -2.29. The Bertz CT molecular complexity index is 729. The highest BCUT2D eigenvalue weighted by Gasteiger charge is 2.15. The van der Waals surface area contributed by atoms with E-state index in [1.165, 1.54) is 36.0 Å². The zero-order chi connectivity index (χ0) is 16.9. The van der Waals surface area contributed by atoms with Gasteiger partial charge in [-0.15, -0.1) is 11.3 Å². The maximum absolute atomic E-state index is 12.9. The summed E-state index contributed by atoms with van der Waals surface area (Å²) in [6, 6.07) is 6.63. The lowest BCUT2D eigenvalue weighted by molar-refractivity contribution is -0.114. The van der Waals surface area contributed by atoms with Crippen molar-refractivity contribution in [2.45, 2.75) is 26.3 Å². The van der Waals surface area contributed by atoms with Gasteiger partial charge in [0.2, 0.25) is 5.91 Å². The highest BCUT2D eigenvalue weighted by Crippen LogP contribution is 2.24. The lowest BCUT2D eigenvalue weighted by Gasteiger charge is -2.27. The number of halogens is 1. The number of rotatable bonds is 4. The normalized spacial score (nSPS) is 15.3. The van der Waals surface area contributed by atoms with E-state index in [0.29, 0.717) is 5.13 Å².